The molecule has 1 aromatic carbocycles. The first-order chi connectivity index (χ1) is 7.78. The molecule has 1 aromatic rings. The second kappa shape index (κ2) is 5.78. The van der Waals surface area contributed by atoms with E-state index in [0.29, 0.717) is 0 Å². The van der Waals surface area contributed by atoms with Gasteiger partial charge in [0.1, 0.15) is 5.82 Å². The van der Waals surface area contributed by atoms with E-state index in [1.54, 1.807) is 12.1 Å². The predicted octanol–water partition coefficient (Wildman–Crippen LogP) is 3.43. The van der Waals surface area contributed by atoms with Crippen LogP contribution in [-0.4, -0.2) is 23.3 Å². The topological polar surface area (TPSA) is 3.24 Å². The Balaban J connectivity index is 1.84. The third-order valence-electron chi connectivity index (χ3n) is 3.24. The molecule has 1 fully saturated rings. The van der Waals surface area contributed by atoms with Crippen LogP contribution in [0.1, 0.15) is 18.4 Å². The first kappa shape index (κ1) is 12.1. The summed E-state index contributed by atoms with van der Waals surface area (Å²) >= 11 is 3.55. The van der Waals surface area contributed by atoms with Crippen molar-refractivity contribution in [3.05, 3.63) is 35.6 Å². The monoisotopic (exact) mass is 285 g/mol. The summed E-state index contributed by atoms with van der Waals surface area (Å²) in [6, 6.07) is 6.85. The molecule has 0 spiro atoms. The minimum absolute atomic E-state index is 0.151. The zero-order valence-corrected chi connectivity index (χ0v) is 10.9. The molecule has 0 radical (unpaired) electrons. The van der Waals surface area contributed by atoms with E-state index in [4.69, 9.17) is 0 Å². The molecule has 0 atom stereocenters. The maximum atomic E-state index is 12.7. The Morgan fingerprint density at radius 2 is 1.81 bits per heavy atom. The summed E-state index contributed by atoms with van der Waals surface area (Å²) in [5.41, 5.74) is 1.21. The minimum Gasteiger partial charge on any atom is -0.299 e. The Kier molecular flexibility index (Phi) is 4.36. The van der Waals surface area contributed by atoms with Crippen LogP contribution in [-0.2, 0) is 6.54 Å². The fourth-order valence-corrected chi connectivity index (χ4v) is 2.79. The molecule has 0 aliphatic carbocycles. The van der Waals surface area contributed by atoms with Gasteiger partial charge in [0, 0.05) is 11.9 Å². The number of hydrogen-bond donors (Lipinski definition) is 0. The van der Waals surface area contributed by atoms with Crippen molar-refractivity contribution in [2.24, 2.45) is 5.92 Å². The molecular weight excluding hydrogens is 269 g/mol. The number of alkyl halides is 1. The van der Waals surface area contributed by atoms with Gasteiger partial charge in [0.05, 0.1) is 0 Å². The minimum atomic E-state index is -0.151. The Morgan fingerprint density at radius 3 is 2.38 bits per heavy atom. The fourth-order valence-electron chi connectivity index (χ4n) is 2.15. The number of nitrogens with zero attached hydrogens (tertiary/aromatic N) is 1. The van der Waals surface area contributed by atoms with Gasteiger partial charge in [0.2, 0.25) is 0 Å². The quantitative estimate of drug-likeness (QED) is 0.769. The standard InChI is InChI=1S/C13H17BrFN/c14-9-11-5-7-16(8-6-11)10-12-1-3-13(15)4-2-12/h1-4,11H,5-10H2. The third-order valence-corrected chi connectivity index (χ3v) is 4.16. The summed E-state index contributed by atoms with van der Waals surface area (Å²) in [7, 11) is 0. The van der Waals surface area contributed by atoms with Crippen LogP contribution in [0.2, 0.25) is 0 Å². The summed E-state index contributed by atoms with van der Waals surface area (Å²) in [4.78, 5) is 2.45. The average molecular weight is 286 g/mol. The van der Waals surface area contributed by atoms with Crippen molar-refractivity contribution in [2.45, 2.75) is 19.4 Å². The van der Waals surface area contributed by atoms with E-state index >= 15 is 0 Å². The lowest BCUT2D eigenvalue weighted by Crippen LogP contribution is -2.33. The molecule has 1 saturated heterocycles. The van der Waals surface area contributed by atoms with Gasteiger partial charge >= 0.3 is 0 Å². The van der Waals surface area contributed by atoms with Crippen molar-refractivity contribution >= 4 is 15.9 Å². The molecule has 1 aliphatic rings. The Morgan fingerprint density at radius 1 is 1.19 bits per heavy atom. The second-order valence-corrected chi connectivity index (χ2v) is 5.15. The van der Waals surface area contributed by atoms with E-state index < -0.39 is 0 Å². The maximum absolute atomic E-state index is 12.7. The first-order valence-corrected chi connectivity index (χ1v) is 6.93. The Bertz CT molecular complexity index is 317. The molecule has 88 valence electrons. The third kappa shape index (κ3) is 3.29. The molecule has 0 unspecified atom stereocenters. The largest absolute Gasteiger partial charge is 0.299 e. The Labute approximate surface area is 105 Å². The average Bonchev–Trinajstić information content (AvgIpc) is 2.33. The van der Waals surface area contributed by atoms with Gasteiger partial charge in [-0.3, -0.25) is 4.90 Å². The van der Waals surface area contributed by atoms with Crippen molar-refractivity contribution in [2.75, 3.05) is 18.4 Å². The molecule has 1 heterocycles. The molecule has 1 aliphatic heterocycles. The molecule has 0 aromatic heterocycles. The molecule has 0 amide bonds. The summed E-state index contributed by atoms with van der Waals surface area (Å²) < 4.78 is 12.7. The van der Waals surface area contributed by atoms with Crippen molar-refractivity contribution < 1.29 is 4.39 Å². The smallest absolute Gasteiger partial charge is 0.123 e. The van der Waals surface area contributed by atoms with E-state index in [1.807, 2.05) is 12.1 Å². The van der Waals surface area contributed by atoms with Crippen LogP contribution < -0.4 is 0 Å². The number of piperidine rings is 1. The van der Waals surface area contributed by atoms with Crippen molar-refractivity contribution in [3.63, 3.8) is 0 Å². The zero-order valence-electron chi connectivity index (χ0n) is 9.33. The molecule has 0 bridgehead atoms. The van der Waals surface area contributed by atoms with E-state index in [0.717, 1.165) is 30.9 Å². The SMILES string of the molecule is Fc1ccc(CN2CCC(CBr)CC2)cc1. The molecule has 3 heteroatoms. The van der Waals surface area contributed by atoms with Crippen molar-refractivity contribution in [1.82, 2.24) is 4.90 Å². The molecule has 1 nitrogen and oxygen atoms in total. The normalized spacial score (nSPS) is 18.9. The highest BCUT2D eigenvalue weighted by Crippen LogP contribution is 2.20. The lowest BCUT2D eigenvalue weighted by Gasteiger charge is -2.31. The first-order valence-electron chi connectivity index (χ1n) is 5.80. The highest BCUT2D eigenvalue weighted by atomic mass is 79.9. The zero-order chi connectivity index (χ0) is 11.4. The summed E-state index contributed by atoms with van der Waals surface area (Å²) in [6.45, 7) is 3.27. The van der Waals surface area contributed by atoms with Crippen LogP contribution in [0.15, 0.2) is 24.3 Å². The van der Waals surface area contributed by atoms with Crippen LogP contribution in [0.3, 0.4) is 0 Å². The van der Waals surface area contributed by atoms with Gasteiger partial charge in [-0.1, -0.05) is 28.1 Å². The number of benzene rings is 1. The van der Waals surface area contributed by atoms with Crippen LogP contribution >= 0.6 is 15.9 Å². The van der Waals surface area contributed by atoms with Crippen LogP contribution in [0.5, 0.6) is 0 Å². The van der Waals surface area contributed by atoms with E-state index in [-0.39, 0.29) is 5.82 Å². The number of hydrogen-bond acceptors (Lipinski definition) is 1. The van der Waals surface area contributed by atoms with Gasteiger partial charge in [-0.05, 0) is 49.5 Å². The Hall–Kier alpha value is -0.410. The van der Waals surface area contributed by atoms with E-state index in [9.17, 15) is 4.39 Å². The van der Waals surface area contributed by atoms with Crippen molar-refractivity contribution in [1.29, 1.82) is 0 Å². The summed E-state index contributed by atoms with van der Waals surface area (Å²) in [5.74, 6) is 0.686. The van der Waals surface area contributed by atoms with Crippen LogP contribution in [0.4, 0.5) is 4.39 Å². The van der Waals surface area contributed by atoms with Crippen molar-refractivity contribution in [3.8, 4) is 0 Å². The van der Waals surface area contributed by atoms with Crippen LogP contribution in [0.25, 0.3) is 0 Å². The van der Waals surface area contributed by atoms with Crippen LogP contribution in [0, 0.1) is 11.7 Å². The molecule has 2 rings (SSSR count). The molecule has 0 saturated carbocycles. The predicted molar refractivity (Wildman–Crippen MR) is 68.2 cm³/mol. The molecule has 0 N–H and O–H groups in total. The van der Waals surface area contributed by atoms with Gasteiger partial charge in [0.25, 0.3) is 0 Å². The van der Waals surface area contributed by atoms with E-state index in [2.05, 4.69) is 20.8 Å². The van der Waals surface area contributed by atoms with Gasteiger partial charge in [-0.2, -0.15) is 0 Å². The fraction of sp³-hybridized carbons (Fsp3) is 0.538. The van der Waals surface area contributed by atoms with Gasteiger partial charge in [0.15, 0.2) is 0 Å². The number of rotatable bonds is 3. The van der Waals surface area contributed by atoms with E-state index in [1.165, 1.54) is 18.4 Å². The lowest BCUT2D eigenvalue weighted by molar-refractivity contribution is 0.187. The molecule has 16 heavy (non-hydrogen) atoms. The lowest BCUT2D eigenvalue weighted by atomic mass is 9.99. The number of likely N-dealkylation sites (tertiary alicyclic amines) is 1. The van der Waals surface area contributed by atoms with Gasteiger partial charge < -0.3 is 0 Å². The highest BCUT2D eigenvalue weighted by Gasteiger charge is 2.17. The second-order valence-electron chi connectivity index (χ2n) is 4.50. The van der Waals surface area contributed by atoms with Gasteiger partial charge in [-0.15, -0.1) is 0 Å². The molecular formula is C13H17BrFN. The van der Waals surface area contributed by atoms with Gasteiger partial charge in [-0.25, -0.2) is 4.39 Å². The maximum Gasteiger partial charge on any atom is 0.123 e. The summed E-state index contributed by atoms with van der Waals surface area (Å²) in [6.07, 6.45) is 2.54. The number of halogens is 2. The highest BCUT2D eigenvalue weighted by molar-refractivity contribution is 9.09. The summed E-state index contributed by atoms with van der Waals surface area (Å²) in [5, 5.41) is 1.12.